The predicted molar refractivity (Wildman–Crippen MR) is 94.6 cm³/mol. The van der Waals surface area contributed by atoms with Gasteiger partial charge in [0.05, 0.1) is 11.0 Å². The maximum Gasteiger partial charge on any atom is 0.139 e. The van der Waals surface area contributed by atoms with E-state index >= 15 is 0 Å². The average molecular weight is 314 g/mol. The topological polar surface area (TPSA) is 30.7 Å². The van der Waals surface area contributed by atoms with Gasteiger partial charge < -0.3 is 0 Å². The highest BCUT2D eigenvalue weighted by molar-refractivity contribution is 5.85. The lowest BCUT2D eigenvalue weighted by molar-refractivity contribution is 0.547. The molecule has 0 saturated heterocycles. The number of hydrogen-bond acceptors (Lipinski definition) is 2. The molecule has 3 nitrogen and oxygen atoms in total. The first-order valence-corrected chi connectivity index (χ1v) is 7.13. The van der Waals surface area contributed by atoms with E-state index in [1.165, 1.54) is 0 Å². The molecule has 0 spiro atoms. The molecule has 2 heterocycles. The van der Waals surface area contributed by atoms with Gasteiger partial charge >= 0.3 is 0 Å². The summed E-state index contributed by atoms with van der Waals surface area (Å²) in [7, 11) is 0. The fourth-order valence-electron chi connectivity index (χ4n) is 2.21. The van der Waals surface area contributed by atoms with Crippen LogP contribution in [0.3, 0.4) is 0 Å². The smallest absolute Gasteiger partial charge is 0.139 e. The molecule has 0 aliphatic heterocycles. The zero-order valence-electron chi connectivity index (χ0n) is 13.0. The van der Waals surface area contributed by atoms with Crippen molar-refractivity contribution in [2.24, 2.45) is 5.41 Å². The van der Waals surface area contributed by atoms with Crippen LogP contribution in [0, 0.1) is 5.41 Å². The highest BCUT2D eigenvalue weighted by atomic mass is 35.5. The minimum Gasteiger partial charge on any atom is -0.277 e. The molecule has 0 N–H and O–H groups in total. The summed E-state index contributed by atoms with van der Waals surface area (Å²) in [5, 5.41) is 0. The second-order valence-electron chi connectivity index (χ2n) is 6.18. The van der Waals surface area contributed by atoms with Crippen LogP contribution in [0.2, 0.25) is 0 Å². The first kappa shape index (κ1) is 16.2. The number of rotatable bonds is 2. The second-order valence-corrected chi connectivity index (χ2v) is 6.18. The first-order chi connectivity index (χ1) is 10.0. The number of fused-ring (bicyclic) bond motifs is 1. The van der Waals surface area contributed by atoms with Crippen molar-refractivity contribution < 1.29 is 0 Å². The van der Waals surface area contributed by atoms with Gasteiger partial charge in [0.2, 0.25) is 0 Å². The van der Waals surface area contributed by atoms with Crippen LogP contribution in [0.4, 0.5) is 0 Å². The maximum atomic E-state index is 4.73. The number of imidazole rings is 1. The Morgan fingerprint density at radius 2 is 1.73 bits per heavy atom. The summed E-state index contributed by atoms with van der Waals surface area (Å²) in [6.45, 7) is 6.53. The molecule has 0 amide bonds. The SMILES string of the molecule is CC(C)(C)/C=C/c1nc2ccccc2n1-c1ccccn1.Cl. The van der Waals surface area contributed by atoms with Crippen LogP contribution in [-0.2, 0) is 0 Å². The molecular weight excluding hydrogens is 294 g/mol. The molecule has 0 fully saturated rings. The van der Waals surface area contributed by atoms with E-state index in [1.807, 2.05) is 36.4 Å². The van der Waals surface area contributed by atoms with Crippen LogP contribution in [0.1, 0.15) is 26.6 Å². The van der Waals surface area contributed by atoms with E-state index in [-0.39, 0.29) is 17.8 Å². The molecule has 0 aliphatic carbocycles. The zero-order chi connectivity index (χ0) is 14.9. The summed E-state index contributed by atoms with van der Waals surface area (Å²) < 4.78 is 2.09. The van der Waals surface area contributed by atoms with Crippen molar-refractivity contribution in [2.75, 3.05) is 0 Å². The molecule has 3 aromatic rings. The molecule has 0 radical (unpaired) electrons. The predicted octanol–water partition coefficient (Wildman–Crippen LogP) is 4.90. The number of pyridine rings is 1. The molecule has 22 heavy (non-hydrogen) atoms. The third-order valence-corrected chi connectivity index (χ3v) is 3.20. The van der Waals surface area contributed by atoms with Crippen LogP contribution < -0.4 is 0 Å². The largest absolute Gasteiger partial charge is 0.277 e. The molecule has 0 bridgehead atoms. The fraction of sp³-hybridized carbons (Fsp3) is 0.222. The van der Waals surface area contributed by atoms with Crippen LogP contribution in [-0.4, -0.2) is 14.5 Å². The Kier molecular flexibility index (Phi) is 4.67. The third-order valence-electron chi connectivity index (χ3n) is 3.20. The number of nitrogens with zero attached hydrogens (tertiary/aromatic N) is 3. The summed E-state index contributed by atoms with van der Waals surface area (Å²) in [4.78, 5) is 9.19. The van der Waals surface area contributed by atoms with Crippen molar-refractivity contribution in [3.8, 4) is 5.82 Å². The lowest BCUT2D eigenvalue weighted by Gasteiger charge is -2.11. The zero-order valence-corrected chi connectivity index (χ0v) is 13.8. The van der Waals surface area contributed by atoms with Gasteiger partial charge in [-0.1, -0.05) is 45.0 Å². The number of para-hydroxylation sites is 2. The molecule has 3 rings (SSSR count). The van der Waals surface area contributed by atoms with E-state index in [0.29, 0.717) is 0 Å². The van der Waals surface area contributed by atoms with E-state index in [9.17, 15) is 0 Å². The van der Waals surface area contributed by atoms with Crippen LogP contribution >= 0.6 is 12.4 Å². The third kappa shape index (κ3) is 3.37. The van der Waals surface area contributed by atoms with Gasteiger partial charge in [0.25, 0.3) is 0 Å². The van der Waals surface area contributed by atoms with Crippen LogP contribution in [0.25, 0.3) is 22.9 Å². The number of hydrogen-bond donors (Lipinski definition) is 0. The highest BCUT2D eigenvalue weighted by Crippen LogP contribution is 2.23. The van der Waals surface area contributed by atoms with Crippen molar-refractivity contribution in [1.82, 2.24) is 14.5 Å². The van der Waals surface area contributed by atoms with Gasteiger partial charge in [0, 0.05) is 6.20 Å². The van der Waals surface area contributed by atoms with Gasteiger partial charge in [-0.3, -0.25) is 4.57 Å². The normalized spacial score (nSPS) is 11.8. The second kappa shape index (κ2) is 6.32. The molecule has 4 heteroatoms. The molecule has 2 aromatic heterocycles. The quantitative estimate of drug-likeness (QED) is 0.673. The maximum absolute atomic E-state index is 4.73. The number of aromatic nitrogens is 3. The Labute approximate surface area is 137 Å². The summed E-state index contributed by atoms with van der Waals surface area (Å²) in [6.07, 6.45) is 6.06. The van der Waals surface area contributed by atoms with Gasteiger partial charge in [-0.25, -0.2) is 9.97 Å². The van der Waals surface area contributed by atoms with E-state index in [2.05, 4.69) is 48.5 Å². The van der Waals surface area contributed by atoms with Gasteiger partial charge in [0.1, 0.15) is 11.6 Å². The van der Waals surface area contributed by atoms with Gasteiger partial charge in [-0.2, -0.15) is 0 Å². The molecular formula is C18H20ClN3. The lowest BCUT2D eigenvalue weighted by Crippen LogP contribution is -2.02. The Morgan fingerprint density at radius 1 is 1.00 bits per heavy atom. The molecule has 114 valence electrons. The number of halogens is 1. The Hall–Kier alpha value is -2.13. The summed E-state index contributed by atoms with van der Waals surface area (Å²) in [5.41, 5.74) is 2.18. The fourth-order valence-corrected chi connectivity index (χ4v) is 2.21. The van der Waals surface area contributed by atoms with Crippen LogP contribution in [0.5, 0.6) is 0 Å². The lowest BCUT2D eigenvalue weighted by atomic mass is 9.96. The van der Waals surface area contributed by atoms with Gasteiger partial charge in [0.15, 0.2) is 0 Å². The first-order valence-electron chi connectivity index (χ1n) is 7.13. The minimum absolute atomic E-state index is 0. The van der Waals surface area contributed by atoms with E-state index in [4.69, 9.17) is 4.98 Å². The molecule has 0 unspecified atom stereocenters. The molecule has 0 atom stereocenters. The van der Waals surface area contributed by atoms with Crippen molar-refractivity contribution in [3.63, 3.8) is 0 Å². The monoisotopic (exact) mass is 313 g/mol. The molecule has 1 aromatic carbocycles. The van der Waals surface area contributed by atoms with E-state index in [0.717, 1.165) is 22.7 Å². The van der Waals surface area contributed by atoms with E-state index < -0.39 is 0 Å². The van der Waals surface area contributed by atoms with Crippen molar-refractivity contribution in [2.45, 2.75) is 20.8 Å². The summed E-state index contributed by atoms with van der Waals surface area (Å²) in [6, 6.07) is 14.1. The Balaban J connectivity index is 0.00000176. The van der Waals surface area contributed by atoms with Gasteiger partial charge in [-0.15, -0.1) is 12.4 Å². The Morgan fingerprint density at radius 3 is 2.41 bits per heavy atom. The number of benzene rings is 1. The summed E-state index contributed by atoms with van der Waals surface area (Å²) in [5.74, 6) is 1.80. The summed E-state index contributed by atoms with van der Waals surface area (Å²) >= 11 is 0. The molecule has 0 saturated carbocycles. The van der Waals surface area contributed by atoms with Crippen molar-refractivity contribution in [3.05, 3.63) is 60.6 Å². The van der Waals surface area contributed by atoms with Crippen molar-refractivity contribution >= 4 is 29.5 Å². The highest BCUT2D eigenvalue weighted by Gasteiger charge is 2.12. The number of allylic oxidation sites excluding steroid dienone is 1. The average Bonchev–Trinajstić information content (AvgIpc) is 2.84. The Bertz CT molecular complexity index is 783. The van der Waals surface area contributed by atoms with E-state index in [1.54, 1.807) is 6.20 Å². The molecule has 0 aliphatic rings. The van der Waals surface area contributed by atoms with Crippen molar-refractivity contribution in [1.29, 1.82) is 0 Å². The standard InChI is InChI=1S/C18H19N3.ClH/c1-18(2,3)12-11-17-20-14-8-4-5-9-15(14)21(17)16-10-6-7-13-19-16;/h4-13H,1-3H3;1H/b12-11+;. The van der Waals surface area contributed by atoms with Crippen LogP contribution in [0.15, 0.2) is 54.7 Å². The van der Waals surface area contributed by atoms with Gasteiger partial charge in [-0.05, 0) is 35.8 Å². The minimum atomic E-state index is 0.